The lowest BCUT2D eigenvalue weighted by atomic mass is 10.0. The number of thiazole rings is 1. The molecule has 8 nitrogen and oxygen atoms in total. The Hall–Kier alpha value is -2.52. The lowest BCUT2D eigenvalue weighted by Gasteiger charge is -2.31. The van der Waals surface area contributed by atoms with Crippen molar-refractivity contribution in [2.24, 2.45) is 0 Å². The van der Waals surface area contributed by atoms with Crippen LogP contribution < -0.4 is 14.2 Å². The number of hydrogen-bond acceptors (Lipinski definition) is 8. The molecule has 29 heavy (non-hydrogen) atoms. The molecule has 0 aliphatic carbocycles. The maximum Gasteiger partial charge on any atom is 0.230 e. The number of nitrogens with zero attached hydrogens (tertiary/aromatic N) is 4. The minimum atomic E-state index is -0.222. The summed E-state index contributed by atoms with van der Waals surface area (Å²) in [6.45, 7) is 1.86. The molecule has 1 aliphatic rings. The Morgan fingerprint density at radius 1 is 1.03 bits per heavy atom. The zero-order valence-electron chi connectivity index (χ0n) is 16.9. The summed E-state index contributed by atoms with van der Waals surface area (Å²) in [6, 6.07) is 3.55. The maximum atomic E-state index is 11.0. The zero-order valence-corrected chi connectivity index (χ0v) is 17.7. The van der Waals surface area contributed by atoms with E-state index in [1.165, 1.54) is 35.0 Å². The van der Waals surface area contributed by atoms with Gasteiger partial charge in [-0.05, 0) is 32.0 Å². The van der Waals surface area contributed by atoms with Gasteiger partial charge in [-0.15, -0.1) is 0 Å². The van der Waals surface area contributed by atoms with Crippen molar-refractivity contribution < 1.29 is 19.3 Å². The summed E-state index contributed by atoms with van der Waals surface area (Å²) >= 11 is 1.44. The van der Waals surface area contributed by atoms with Crippen LogP contribution >= 0.6 is 11.3 Å². The van der Waals surface area contributed by atoms with Crippen LogP contribution in [-0.2, 0) is 0 Å². The summed E-state index contributed by atoms with van der Waals surface area (Å²) in [7, 11) is 4.88. The van der Waals surface area contributed by atoms with Crippen LogP contribution in [0.15, 0.2) is 18.5 Å². The summed E-state index contributed by atoms with van der Waals surface area (Å²) < 4.78 is 18.4. The molecule has 1 N–H and O–H groups in total. The predicted octanol–water partition coefficient (Wildman–Crippen LogP) is 3.49. The van der Waals surface area contributed by atoms with Crippen LogP contribution in [0.25, 0.3) is 4.96 Å². The van der Waals surface area contributed by atoms with Crippen LogP contribution in [-0.4, -0.2) is 59.0 Å². The van der Waals surface area contributed by atoms with E-state index >= 15 is 0 Å². The van der Waals surface area contributed by atoms with E-state index in [4.69, 9.17) is 14.2 Å². The van der Waals surface area contributed by atoms with Gasteiger partial charge in [0.25, 0.3) is 0 Å². The first kappa shape index (κ1) is 19.8. The molecule has 1 saturated heterocycles. The monoisotopic (exact) mass is 418 g/mol. The second kappa shape index (κ2) is 8.46. The fourth-order valence-corrected chi connectivity index (χ4v) is 5.10. The number of benzene rings is 1. The Bertz CT molecular complexity index is 978. The largest absolute Gasteiger partial charge is 0.497 e. The Labute approximate surface area is 173 Å². The van der Waals surface area contributed by atoms with Crippen LogP contribution in [0.3, 0.4) is 0 Å². The molecule has 3 aromatic rings. The van der Waals surface area contributed by atoms with Gasteiger partial charge in [0.1, 0.15) is 12.1 Å². The van der Waals surface area contributed by atoms with Crippen LogP contribution in [0.5, 0.6) is 23.1 Å². The standard InChI is InChI=1S/C20H26N4O4S/c1-26-13-10-14(17(28-3)15(11-13)27-2)16(23-8-6-4-5-7-9-23)18-19(25)24-20(29-18)21-12-22-24/h10-12,16,25H,4-9H2,1-3H3/t16-/m1/s1. The first-order valence-corrected chi connectivity index (χ1v) is 10.5. The molecule has 0 bridgehead atoms. The number of likely N-dealkylation sites (tertiary alicyclic amines) is 1. The molecule has 0 amide bonds. The van der Waals surface area contributed by atoms with Crippen LogP contribution in [0.4, 0.5) is 0 Å². The third-order valence-corrected chi connectivity index (χ3v) is 6.49. The quantitative estimate of drug-likeness (QED) is 0.656. The van der Waals surface area contributed by atoms with Crippen LogP contribution in [0, 0.1) is 0 Å². The Balaban J connectivity index is 1.93. The van der Waals surface area contributed by atoms with Gasteiger partial charge in [-0.3, -0.25) is 4.90 Å². The van der Waals surface area contributed by atoms with E-state index < -0.39 is 0 Å². The fraction of sp³-hybridized carbons (Fsp3) is 0.500. The van der Waals surface area contributed by atoms with Gasteiger partial charge in [0.15, 0.2) is 11.5 Å². The van der Waals surface area contributed by atoms with E-state index in [0.29, 0.717) is 22.2 Å². The smallest absolute Gasteiger partial charge is 0.230 e. The number of aromatic nitrogens is 3. The van der Waals surface area contributed by atoms with E-state index in [0.717, 1.165) is 36.4 Å². The highest BCUT2D eigenvalue weighted by Crippen LogP contribution is 2.47. The second-order valence-corrected chi connectivity index (χ2v) is 8.06. The molecule has 3 heterocycles. The summed E-state index contributed by atoms with van der Waals surface area (Å²) in [4.78, 5) is 8.11. The zero-order chi connectivity index (χ0) is 20.4. The third kappa shape index (κ3) is 3.60. The molecule has 1 atom stereocenters. The third-order valence-electron chi connectivity index (χ3n) is 5.40. The topological polar surface area (TPSA) is 81.3 Å². The number of rotatable bonds is 6. The SMILES string of the molecule is COc1cc(OC)c(OC)c([C@H](c2sc3ncnn3c2O)N2CCCCCC2)c1. The fourth-order valence-electron chi connectivity index (χ4n) is 4.02. The molecular formula is C20H26N4O4S. The molecule has 0 unspecified atom stereocenters. The van der Waals surface area contributed by atoms with Gasteiger partial charge in [0, 0.05) is 11.6 Å². The van der Waals surface area contributed by atoms with Gasteiger partial charge in [0.05, 0.1) is 32.2 Å². The maximum absolute atomic E-state index is 11.0. The van der Waals surface area contributed by atoms with Crippen molar-refractivity contribution in [1.29, 1.82) is 0 Å². The molecule has 1 aromatic carbocycles. The van der Waals surface area contributed by atoms with Crippen molar-refractivity contribution in [2.45, 2.75) is 31.7 Å². The van der Waals surface area contributed by atoms with Crippen LogP contribution in [0.1, 0.15) is 42.2 Å². The highest BCUT2D eigenvalue weighted by Gasteiger charge is 2.33. The number of ether oxygens (including phenoxy) is 3. The minimum Gasteiger partial charge on any atom is -0.497 e. The van der Waals surface area contributed by atoms with Gasteiger partial charge < -0.3 is 19.3 Å². The van der Waals surface area contributed by atoms with Crippen molar-refractivity contribution in [3.05, 3.63) is 28.9 Å². The van der Waals surface area contributed by atoms with Crippen molar-refractivity contribution in [1.82, 2.24) is 19.5 Å². The van der Waals surface area contributed by atoms with E-state index in [1.54, 1.807) is 21.3 Å². The molecule has 2 aromatic heterocycles. The highest BCUT2D eigenvalue weighted by molar-refractivity contribution is 7.17. The number of hydrogen-bond donors (Lipinski definition) is 1. The normalized spacial score (nSPS) is 16.5. The van der Waals surface area contributed by atoms with E-state index in [9.17, 15) is 5.11 Å². The lowest BCUT2D eigenvalue weighted by molar-refractivity contribution is 0.226. The molecule has 1 aliphatic heterocycles. The van der Waals surface area contributed by atoms with Gasteiger partial charge in [-0.25, -0.2) is 4.98 Å². The van der Waals surface area contributed by atoms with Crippen molar-refractivity contribution in [3.63, 3.8) is 0 Å². The van der Waals surface area contributed by atoms with Gasteiger partial charge in [-0.2, -0.15) is 9.61 Å². The Morgan fingerprint density at radius 2 is 1.79 bits per heavy atom. The Kier molecular flexibility index (Phi) is 5.77. The van der Waals surface area contributed by atoms with E-state index in [-0.39, 0.29) is 11.9 Å². The molecule has 1 fully saturated rings. The van der Waals surface area contributed by atoms with Gasteiger partial charge in [-0.1, -0.05) is 24.2 Å². The number of fused-ring (bicyclic) bond motifs is 1. The molecule has 0 saturated carbocycles. The van der Waals surface area contributed by atoms with Crippen molar-refractivity contribution >= 4 is 16.3 Å². The van der Waals surface area contributed by atoms with Gasteiger partial charge in [0.2, 0.25) is 10.8 Å². The van der Waals surface area contributed by atoms with E-state index in [2.05, 4.69) is 15.0 Å². The number of aromatic hydroxyl groups is 1. The molecule has 9 heteroatoms. The van der Waals surface area contributed by atoms with Crippen molar-refractivity contribution in [3.8, 4) is 23.1 Å². The van der Waals surface area contributed by atoms with Crippen LogP contribution in [0.2, 0.25) is 0 Å². The molecule has 156 valence electrons. The summed E-state index contributed by atoms with van der Waals surface area (Å²) in [5.74, 6) is 2.03. The first-order valence-electron chi connectivity index (χ1n) is 9.73. The summed E-state index contributed by atoms with van der Waals surface area (Å²) in [6.07, 6.45) is 6.10. The molecule has 0 radical (unpaired) electrons. The lowest BCUT2D eigenvalue weighted by Crippen LogP contribution is -2.30. The molecule has 4 rings (SSSR count). The number of methoxy groups -OCH3 is 3. The predicted molar refractivity (Wildman–Crippen MR) is 111 cm³/mol. The highest BCUT2D eigenvalue weighted by atomic mass is 32.1. The second-order valence-electron chi connectivity index (χ2n) is 7.05. The Morgan fingerprint density at radius 3 is 2.41 bits per heavy atom. The molecular weight excluding hydrogens is 392 g/mol. The minimum absolute atomic E-state index is 0.112. The van der Waals surface area contributed by atoms with E-state index in [1.807, 2.05) is 12.1 Å². The summed E-state index contributed by atoms with van der Waals surface area (Å²) in [5, 5.41) is 15.1. The average Bonchev–Trinajstić information content (AvgIpc) is 3.21. The summed E-state index contributed by atoms with van der Waals surface area (Å²) in [5.41, 5.74) is 0.894. The average molecular weight is 419 g/mol. The first-order chi connectivity index (χ1) is 14.2. The molecule has 0 spiro atoms. The van der Waals surface area contributed by atoms with Crippen molar-refractivity contribution in [2.75, 3.05) is 34.4 Å². The van der Waals surface area contributed by atoms with Gasteiger partial charge >= 0.3 is 0 Å².